The summed E-state index contributed by atoms with van der Waals surface area (Å²) in [5.74, 6) is -6.71. The summed E-state index contributed by atoms with van der Waals surface area (Å²) in [6.45, 7) is 14.6. The summed E-state index contributed by atoms with van der Waals surface area (Å²) in [6, 6.07) is 25.8. The lowest BCUT2D eigenvalue weighted by molar-refractivity contribution is -0.403. The van der Waals surface area contributed by atoms with Crippen molar-refractivity contribution in [3.8, 4) is 28.2 Å². The number of nitrogens with zero attached hydrogens (tertiary/aromatic N) is 1. The highest BCUT2D eigenvalue weighted by molar-refractivity contribution is 8.12. The molecule has 1 unspecified atom stereocenters. The number of aryl methyl sites for hydroxylation is 5. The van der Waals surface area contributed by atoms with Crippen LogP contribution in [-0.4, -0.2) is 75.2 Å². The Morgan fingerprint density at radius 2 is 1.31 bits per heavy atom. The van der Waals surface area contributed by atoms with E-state index < -0.39 is 62.6 Å². The van der Waals surface area contributed by atoms with Crippen LogP contribution in [0.25, 0.3) is 37.5 Å². The zero-order valence-electron chi connectivity index (χ0n) is 43.0. The molecule has 1 atom stereocenters. The first kappa shape index (κ1) is 58.2. The van der Waals surface area contributed by atoms with E-state index in [2.05, 4.69) is 14.4 Å². The molecule has 0 spiro atoms. The first-order valence-electron chi connectivity index (χ1n) is 23.9. The Bertz CT molecular complexity index is 3680. The third-order valence-corrected chi connectivity index (χ3v) is 17.6. The Labute approximate surface area is 443 Å². The number of halogens is 6. The lowest BCUT2D eigenvalue weighted by atomic mass is 9.93. The molecular weight excluding hydrogens is 1070 g/mol. The molecule has 14 nitrogen and oxygen atoms in total. The number of hydrogen-bond acceptors (Lipinski definition) is 11. The third kappa shape index (κ3) is 11.8. The number of nitrogens with one attached hydrogen (secondary N) is 3. The molecule has 1 aliphatic carbocycles. The summed E-state index contributed by atoms with van der Waals surface area (Å²) < 4.78 is 200. The van der Waals surface area contributed by atoms with Crippen molar-refractivity contribution in [2.75, 3.05) is 43.6 Å². The van der Waals surface area contributed by atoms with Gasteiger partial charge in [0, 0.05) is 69.5 Å². The monoisotopic (exact) mass is 1130 g/mol. The molecule has 412 valence electrons. The smallest absolute Gasteiger partial charge is 0.432 e. The maximum Gasteiger partial charge on any atom is 0.432 e. The molecule has 5 aromatic carbocycles. The standard InChI is InChI=1S/C54H55F6N4O10S3/c1-9-33(3)38-14-16-39(17-15-38)63-76(67,68)53(57,58)52(55,56)54(59,60)77(69,70)64-75(65,66)48-13-11-10-12-45(48)49-43-20-18-40(61-50-34(4)26-32(2)27-35(50)5)30-46(43)74-47-31-41(19-21-44(47)49)62-51-36(6)28-42(29-37(51)7)73-25-24-72-23-22-71-8/h10-21,26-31,33,62-63H,9,22-25H2,1-8H3/q-1/p+1. The fraction of sp³-hybridized carbons (Fsp3) is 0.315. The molecule has 0 saturated carbocycles. The normalized spacial score (nSPS) is 13.6. The van der Waals surface area contributed by atoms with Gasteiger partial charge in [-0.05, 0) is 124 Å². The minimum Gasteiger partial charge on any atom is -0.491 e. The fourth-order valence-corrected chi connectivity index (χ4v) is 12.6. The number of methoxy groups -OCH3 is 1. The van der Waals surface area contributed by atoms with Gasteiger partial charge in [-0.25, -0.2) is 21.8 Å². The Kier molecular flexibility index (Phi) is 17.0. The molecule has 3 N–H and O–H groups in total. The molecule has 77 heavy (non-hydrogen) atoms. The largest absolute Gasteiger partial charge is 0.491 e. The number of hydrogen-bond donors (Lipinski definition) is 3. The maximum absolute atomic E-state index is 15.7. The predicted octanol–water partition coefficient (Wildman–Crippen LogP) is 11.0. The zero-order valence-corrected chi connectivity index (χ0v) is 45.5. The van der Waals surface area contributed by atoms with E-state index in [4.69, 9.17) is 18.6 Å². The van der Waals surface area contributed by atoms with Crippen LogP contribution in [0.15, 0.2) is 119 Å². The summed E-state index contributed by atoms with van der Waals surface area (Å²) in [6.07, 6.45) is 0.607. The van der Waals surface area contributed by atoms with Gasteiger partial charge in [-0.2, -0.15) is 34.8 Å². The molecule has 2 aliphatic rings. The fourth-order valence-electron chi connectivity index (χ4n) is 8.62. The average molecular weight is 1130 g/mol. The Morgan fingerprint density at radius 1 is 0.688 bits per heavy atom. The molecular formula is C54H56F6N4O10S3. The molecule has 0 saturated heterocycles. The predicted molar refractivity (Wildman–Crippen MR) is 282 cm³/mol. The van der Waals surface area contributed by atoms with Crippen LogP contribution >= 0.6 is 0 Å². The second-order valence-corrected chi connectivity index (χ2v) is 23.6. The van der Waals surface area contributed by atoms with Gasteiger partial charge in [0.05, 0.1) is 30.8 Å². The summed E-state index contributed by atoms with van der Waals surface area (Å²) in [7, 11) is -19.1. The van der Waals surface area contributed by atoms with E-state index in [1.165, 1.54) is 24.3 Å². The number of rotatable bonds is 22. The van der Waals surface area contributed by atoms with Crippen LogP contribution in [0.5, 0.6) is 5.75 Å². The van der Waals surface area contributed by atoms with E-state index in [9.17, 15) is 25.3 Å². The van der Waals surface area contributed by atoms with Gasteiger partial charge in [-0.15, -0.1) is 0 Å². The Balaban J connectivity index is 1.29. The van der Waals surface area contributed by atoms with Crippen molar-refractivity contribution in [1.29, 1.82) is 0 Å². The van der Waals surface area contributed by atoms with Gasteiger partial charge in [0.1, 0.15) is 33.7 Å². The molecule has 7 rings (SSSR count). The molecule has 0 bridgehead atoms. The number of sulfonamides is 3. The van der Waals surface area contributed by atoms with Crippen molar-refractivity contribution in [3.63, 3.8) is 0 Å². The van der Waals surface area contributed by atoms with E-state index >= 15 is 26.3 Å². The van der Waals surface area contributed by atoms with Crippen LogP contribution in [0.1, 0.15) is 59.6 Å². The van der Waals surface area contributed by atoms with Gasteiger partial charge in [0.25, 0.3) is 0 Å². The first-order valence-corrected chi connectivity index (χ1v) is 28.3. The molecule has 0 radical (unpaired) electrons. The summed E-state index contributed by atoms with van der Waals surface area (Å²) in [5.41, 5.74) is 6.12. The molecule has 5 aromatic rings. The van der Waals surface area contributed by atoms with Gasteiger partial charge in [-0.1, -0.05) is 49.7 Å². The van der Waals surface area contributed by atoms with Crippen LogP contribution < -0.4 is 25.1 Å². The van der Waals surface area contributed by atoms with E-state index in [1.807, 2.05) is 65.8 Å². The van der Waals surface area contributed by atoms with Gasteiger partial charge in [0.2, 0.25) is 11.0 Å². The highest BCUT2D eigenvalue weighted by Gasteiger charge is 2.80. The lowest BCUT2D eigenvalue weighted by Gasteiger charge is -2.35. The van der Waals surface area contributed by atoms with Crippen molar-refractivity contribution in [2.24, 2.45) is 0 Å². The molecule has 0 fully saturated rings. The number of alkyl halides is 6. The lowest BCUT2D eigenvalue weighted by Crippen LogP contribution is -2.71. The summed E-state index contributed by atoms with van der Waals surface area (Å²) in [5, 5.41) is -9.99. The van der Waals surface area contributed by atoms with Crippen LogP contribution in [0, 0.1) is 34.6 Å². The van der Waals surface area contributed by atoms with Crippen LogP contribution in [0.4, 0.5) is 49.1 Å². The molecule has 0 amide bonds. The molecule has 0 aromatic heterocycles. The maximum atomic E-state index is 15.7. The highest BCUT2D eigenvalue weighted by Crippen LogP contribution is 2.53. The second-order valence-electron chi connectivity index (χ2n) is 18.5. The van der Waals surface area contributed by atoms with Crippen molar-refractivity contribution in [1.82, 2.24) is 0 Å². The van der Waals surface area contributed by atoms with E-state index in [0.29, 0.717) is 54.3 Å². The van der Waals surface area contributed by atoms with Gasteiger partial charge >= 0.3 is 26.5 Å². The second kappa shape index (κ2) is 22.5. The van der Waals surface area contributed by atoms with Crippen molar-refractivity contribution >= 4 is 63.8 Å². The number of benzene rings is 6. The minimum absolute atomic E-state index is 0.00635. The van der Waals surface area contributed by atoms with E-state index in [1.54, 1.807) is 44.4 Å². The van der Waals surface area contributed by atoms with Crippen LogP contribution in [0.3, 0.4) is 0 Å². The van der Waals surface area contributed by atoms with Gasteiger partial charge < -0.3 is 28.1 Å². The van der Waals surface area contributed by atoms with Crippen LogP contribution in [0.2, 0.25) is 0 Å². The zero-order chi connectivity index (χ0) is 56.5. The Hall–Kier alpha value is -6.50. The topological polar surface area (TPSA) is 195 Å². The number of fused-ring (bicyclic) bond motifs is 2. The SMILES string of the molecule is CCC(C)c1ccc(NS(=O)(=O)C(F)(F)C(F)(F)C(F)(F)S(=O)(=O)[N-]S(=O)(=O)c2ccccc2-c2c3ccc(=[NH+]c4c(C)cc(C)cc4C)cc-3oc3cc(Nc4c(C)cc(OCCOCCOC)cc4C)ccc23)cc1. The minimum atomic E-state index is -7.61. The quantitative estimate of drug-likeness (QED) is 0.0332. The number of ether oxygens (including phenoxy) is 3. The van der Waals surface area contributed by atoms with Crippen molar-refractivity contribution < 1.29 is 75.2 Å². The van der Waals surface area contributed by atoms with Crippen LogP contribution in [-0.2, 0) is 39.5 Å². The van der Waals surface area contributed by atoms with Crippen molar-refractivity contribution in [3.05, 3.63) is 152 Å². The molecule has 23 heteroatoms. The van der Waals surface area contributed by atoms with Gasteiger partial charge in [-0.3, -0.25) is 4.72 Å². The van der Waals surface area contributed by atoms with Gasteiger partial charge in [0.15, 0.2) is 10.0 Å². The third-order valence-electron chi connectivity index (χ3n) is 12.7. The molecule has 1 aliphatic heterocycles. The summed E-state index contributed by atoms with van der Waals surface area (Å²) in [4.78, 5) is 2.24. The van der Waals surface area contributed by atoms with Crippen molar-refractivity contribution in [2.45, 2.75) is 82.1 Å². The first-order chi connectivity index (χ1) is 36.1. The Morgan fingerprint density at radius 3 is 1.95 bits per heavy atom. The van der Waals surface area contributed by atoms with E-state index in [0.717, 1.165) is 68.6 Å². The summed E-state index contributed by atoms with van der Waals surface area (Å²) >= 11 is 0. The average Bonchev–Trinajstić information content (AvgIpc) is 3.36. The number of anilines is 3. The van der Waals surface area contributed by atoms with E-state index in [-0.39, 0.29) is 40.4 Å². The molecule has 1 heterocycles. The highest BCUT2D eigenvalue weighted by atomic mass is 32.3.